The lowest BCUT2D eigenvalue weighted by atomic mass is 9.59. The summed E-state index contributed by atoms with van der Waals surface area (Å²) in [6.45, 7) is 6.47. The summed E-state index contributed by atoms with van der Waals surface area (Å²) in [6, 6.07) is 8.42. The Kier molecular flexibility index (Phi) is 3.88. The molecule has 6 heteroatoms. The van der Waals surface area contributed by atoms with Gasteiger partial charge in [0, 0.05) is 41.3 Å². The van der Waals surface area contributed by atoms with Gasteiger partial charge in [-0.25, -0.2) is 4.98 Å². The van der Waals surface area contributed by atoms with Crippen LogP contribution < -0.4 is 5.32 Å². The van der Waals surface area contributed by atoms with Crippen molar-refractivity contribution in [1.82, 2.24) is 14.9 Å². The molecule has 1 aliphatic carbocycles. The average molecular weight is 387 g/mol. The number of ketones is 1. The van der Waals surface area contributed by atoms with Crippen LogP contribution in [-0.4, -0.2) is 21.5 Å². The van der Waals surface area contributed by atoms with Crippen molar-refractivity contribution >= 4 is 5.78 Å². The average Bonchev–Trinajstić information content (AvgIpc) is 3.37. The summed E-state index contributed by atoms with van der Waals surface area (Å²) >= 11 is 0. The molecule has 3 aliphatic rings. The third-order valence-electron chi connectivity index (χ3n) is 6.45. The number of benzene rings is 1. The van der Waals surface area contributed by atoms with Crippen molar-refractivity contribution in [2.75, 3.05) is 0 Å². The monoisotopic (exact) mass is 387 g/mol. The fourth-order valence-corrected chi connectivity index (χ4v) is 5.23. The summed E-state index contributed by atoms with van der Waals surface area (Å²) in [6.07, 6.45) is 9.32. The van der Waals surface area contributed by atoms with Crippen LogP contribution in [0.2, 0.25) is 0 Å². The zero-order valence-corrected chi connectivity index (χ0v) is 17.0. The largest absolute Gasteiger partial charge is 0.362 e. The van der Waals surface area contributed by atoms with Crippen molar-refractivity contribution in [1.29, 1.82) is 0 Å². The molecule has 0 saturated heterocycles. The number of imidazole rings is 1. The molecule has 1 aromatic carbocycles. The fraction of sp³-hybridized carbons (Fsp3) is 0.391. The first-order valence-electron chi connectivity index (χ1n) is 10.2. The number of azo groups is 1. The molecule has 6 nitrogen and oxygen atoms in total. The summed E-state index contributed by atoms with van der Waals surface area (Å²) in [5.74, 6) is 0.227. The minimum atomic E-state index is -0.515. The summed E-state index contributed by atoms with van der Waals surface area (Å²) in [4.78, 5) is 17.7. The molecule has 5 rings (SSSR count). The quantitative estimate of drug-likeness (QED) is 0.846. The number of carbonyl (C=O) groups excluding carboxylic acids is 1. The highest BCUT2D eigenvalue weighted by atomic mass is 16.1. The Morgan fingerprint density at radius 3 is 2.90 bits per heavy atom. The van der Waals surface area contributed by atoms with Gasteiger partial charge in [-0.2, -0.15) is 10.2 Å². The van der Waals surface area contributed by atoms with Gasteiger partial charge in [0.1, 0.15) is 0 Å². The lowest BCUT2D eigenvalue weighted by Crippen LogP contribution is -2.51. The van der Waals surface area contributed by atoms with E-state index in [1.807, 2.05) is 17.0 Å². The molecule has 1 N–H and O–H groups in total. The van der Waals surface area contributed by atoms with E-state index in [0.29, 0.717) is 6.42 Å². The number of hydrogen-bond donors (Lipinski definition) is 1. The van der Waals surface area contributed by atoms with Gasteiger partial charge >= 0.3 is 0 Å². The van der Waals surface area contributed by atoms with Crippen LogP contribution in [0.1, 0.15) is 45.6 Å². The Morgan fingerprint density at radius 1 is 1.28 bits per heavy atom. The van der Waals surface area contributed by atoms with Gasteiger partial charge in [-0.05, 0) is 36.0 Å². The lowest BCUT2D eigenvalue weighted by Gasteiger charge is -2.47. The molecule has 2 atom stereocenters. The summed E-state index contributed by atoms with van der Waals surface area (Å²) in [5.41, 5.74) is 4.56. The van der Waals surface area contributed by atoms with Gasteiger partial charge < -0.3 is 9.88 Å². The van der Waals surface area contributed by atoms with Crippen molar-refractivity contribution in [3.8, 4) is 5.69 Å². The van der Waals surface area contributed by atoms with Gasteiger partial charge in [-0.3, -0.25) is 4.79 Å². The molecule has 0 bridgehead atoms. The van der Waals surface area contributed by atoms with Crippen LogP contribution in [0.3, 0.4) is 0 Å². The van der Waals surface area contributed by atoms with Crippen molar-refractivity contribution in [2.45, 2.75) is 51.6 Å². The number of fused-ring (bicyclic) bond motifs is 1. The molecular formula is C23H25N5O. The second-order valence-corrected chi connectivity index (χ2v) is 8.94. The zero-order valence-electron chi connectivity index (χ0n) is 17.0. The van der Waals surface area contributed by atoms with Gasteiger partial charge in [0.15, 0.2) is 11.9 Å². The predicted molar refractivity (Wildman–Crippen MR) is 110 cm³/mol. The van der Waals surface area contributed by atoms with Gasteiger partial charge in [0.25, 0.3) is 0 Å². The van der Waals surface area contributed by atoms with E-state index in [-0.39, 0.29) is 17.4 Å². The first-order valence-corrected chi connectivity index (χ1v) is 10.2. The van der Waals surface area contributed by atoms with Crippen LogP contribution in [0.15, 0.2) is 76.3 Å². The molecule has 0 fully saturated rings. The number of aromatic nitrogens is 2. The third-order valence-corrected chi connectivity index (χ3v) is 6.45. The van der Waals surface area contributed by atoms with Crippen LogP contribution in [-0.2, 0) is 10.2 Å². The van der Waals surface area contributed by atoms with Crippen molar-refractivity contribution in [3.05, 3.63) is 71.6 Å². The Hall–Kier alpha value is -3.02. The number of nitrogens with zero attached hydrogens (tertiary/aromatic N) is 4. The topological polar surface area (TPSA) is 71.6 Å². The lowest BCUT2D eigenvalue weighted by molar-refractivity contribution is -0.119. The third kappa shape index (κ3) is 2.62. The molecule has 2 aromatic rings. The number of nitrogens with one attached hydrogen (secondary N) is 1. The SMILES string of the molecule is CCC1(c2cccc(-n3ccnc3)c2)C2=CN=NC2NC2=C1C(=O)CC(C)(C)C2. The van der Waals surface area contributed by atoms with Gasteiger partial charge in [-0.15, -0.1) is 0 Å². The maximum absolute atomic E-state index is 13.5. The summed E-state index contributed by atoms with van der Waals surface area (Å²) in [7, 11) is 0. The first kappa shape index (κ1) is 18.0. The fourth-order valence-electron chi connectivity index (χ4n) is 5.23. The molecule has 0 saturated carbocycles. The minimum absolute atomic E-state index is 0.0575. The Balaban J connectivity index is 1.75. The number of rotatable bonds is 3. The molecule has 148 valence electrons. The van der Waals surface area contributed by atoms with Crippen LogP contribution >= 0.6 is 0 Å². The van der Waals surface area contributed by atoms with Gasteiger partial charge in [0.2, 0.25) is 0 Å². The Bertz CT molecular complexity index is 1080. The number of carbonyl (C=O) groups is 1. The van der Waals surface area contributed by atoms with Crippen molar-refractivity contribution in [3.63, 3.8) is 0 Å². The van der Waals surface area contributed by atoms with Crippen molar-refractivity contribution < 1.29 is 4.79 Å². The van der Waals surface area contributed by atoms with E-state index in [1.165, 1.54) is 0 Å². The van der Waals surface area contributed by atoms with Crippen LogP contribution in [0.5, 0.6) is 0 Å². The van der Waals surface area contributed by atoms with E-state index in [4.69, 9.17) is 0 Å². The second kappa shape index (κ2) is 6.24. The van der Waals surface area contributed by atoms with E-state index in [1.54, 1.807) is 12.5 Å². The molecule has 0 radical (unpaired) electrons. The Morgan fingerprint density at radius 2 is 2.14 bits per heavy atom. The smallest absolute Gasteiger partial charge is 0.164 e. The van der Waals surface area contributed by atoms with Crippen molar-refractivity contribution in [2.24, 2.45) is 15.6 Å². The molecule has 0 spiro atoms. The standard InChI is InChI=1S/C23H25N5O/c1-4-23(15-6-5-7-16(10-15)28-9-8-24-14-28)17-13-25-27-21(17)26-18-11-22(2,3)12-19(29)20(18)23/h5-10,13-14,21,26H,4,11-12H2,1-3H3. The van der Waals surface area contributed by atoms with E-state index >= 15 is 0 Å². The summed E-state index contributed by atoms with van der Waals surface area (Å²) in [5, 5.41) is 12.2. The van der Waals surface area contributed by atoms with E-state index < -0.39 is 5.41 Å². The number of Topliss-reactive ketones (excluding diaryl/α,β-unsaturated/α-hetero) is 1. The maximum atomic E-state index is 13.5. The Labute approximate surface area is 170 Å². The van der Waals surface area contributed by atoms with Gasteiger partial charge in [0.05, 0.1) is 17.9 Å². The number of hydrogen-bond acceptors (Lipinski definition) is 5. The molecule has 29 heavy (non-hydrogen) atoms. The molecule has 2 aliphatic heterocycles. The second-order valence-electron chi connectivity index (χ2n) is 8.94. The van der Waals surface area contributed by atoms with Crippen LogP contribution in [0.25, 0.3) is 5.69 Å². The van der Waals surface area contributed by atoms with E-state index in [2.05, 4.69) is 65.6 Å². The highest BCUT2D eigenvalue weighted by Gasteiger charge is 2.52. The van der Waals surface area contributed by atoms with Gasteiger partial charge in [-0.1, -0.05) is 32.9 Å². The normalized spacial score (nSPS) is 27.3. The molecule has 1 aromatic heterocycles. The highest BCUT2D eigenvalue weighted by molar-refractivity contribution is 6.01. The summed E-state index contributed by atoms with van der Waals surface area (Å²) < 4.78 is 1.99. The van der Waals surface area contributed by atoms with E-state index in [0.717, 1.165) is 40.9 Å². The number of allylic oxidation sites excluding steroid dienone is 2. The zero-order chi connectivity index (χ0) is 20.2. The predicted octanol–water partition coefficient (Wildman–Crippen LogP) is 4.44. The van der Waals surface area contributed by atoms with E-state index in [9.17, 15) is 4.79 Å². The van der Waals surface area contributed by atoms with Crippen LogP contribution in [0, 0.1) is 5.41 Å². The minimum Gasteiger partial charge on any atom is -0.362 e. The maximum Gasteiger partial charge on any atom is 0.164 e. The molecule has 2 unspecified atom stereocenters. The molecular weight excluding hydrogens is 362 g/mol. The molecule has 3 heterocycles. The molecule has 0 amide bonds. The first-order chi connectivity index (χ1) is 13.9. The van der Waals surface area contributed by atoms with Crippen LogP contribution in [0.4, 0.5) is 0 Å². The highest BCUT2D eigenvalue weighted by Crippen LogP contribution is 2.53.